The molecule has 124 valence electrons. The number of likely N-dealkylation sites (tertiary alicyclic amines) is 1. The van der Waals surface area contributed by atoms with Gasteiger partial charge in [-0.1, -0.05) is 30.3 Å². The molecule has 2 aromatic rings. The lowest BCUT2D eigenvalue weighted by atomic mass is 9.90. The van der Waals surface area contributed by atoms with Gasteiger partial charge < -0.3 is 9.80 Å². The Balaban J connectivity index is 1.45. The molecule has 0 radical (unpaired) electrons. The number of hydrogen-bond donors (Lipinski definition) is 0. The summed E-state index contributed by atoms with van der Waals surface area (Å²) in [6, 6.07) is 12.4. The van der Waals surface area contributed by atoms with Crippen LogP contribution in [0.1, 0.15) is 30.9 Å². The number of anilines is 1. The Morgan fingerprint density at radius 3 is 2.50 bits per heavy atom. The van der Waals surface area contributed by atoms with Crippen LogP contribution in [0.5, 0.6) is 0 Å². The molecule has 1 aromatic carbocycles. The quantitative estimate of drug-likeness (QED) is 0.872. The van der Waals surface area contributed by atoms with Gasteiger partial charge in [0.15, 0.2) is 0 Å². The van der Waals surface area contributed by atoms with Crippen LogP contribution in [-0.4, -0.2) is 40.4 Å². The van der Waals surface area contributed by atoms with E-state index in [2.05, 4.69) is 31.9 Å². The Morgan fingerprint density at radius 2 is 1.79 bits per heavy atom. The second kappa shape index (κ2) is 6.59. The Kier molecular flexibility index (Phi) is 4.15. The number of carbonyl (C=O) groups excluding carboxylic acids is 1. The van der Waals surface area contributed by atoms with Crippen LogP contribution in [0, 0.1) is 5.92 Å². The van der Waals surface area contributed by atoms with E-state index in [0.717, 1.165) is 44.8 Å². The molecule has 2 fully saturated rings. The van der Waals surface area contributed by atoms with Gasteiger partial charge >= 0.3 is 0 Å². The second-order valence-electron chi connectivity index (χ2n) is 6.58. The highest BCUT2D eigenvalue weighted by molar-refractivity contribution is 5.81. The monoisotopic (exact) mass is 322 g/mol. The molecule has 5 heteroatoms. The normalized spacial score (nSPS) is 23.7. The Morgan fingerprint density at radius 1 is 1.00 bits per heavy atom. The summed E-state index contributed by atoms with van der Waals surface area (Å²) in [4.78, 5) is 25.8. The average molecular weight is 322 g/mol. The van der Waals surface area contributed by atoms with E-state index in [1.165, 1.54) is 5.56 Å². The van der Waals surface area contributed by atoms with Gasteiger partial charge in [0.1, 0.15) is 0 Å². The minimum absolute atomic E-state index is 0.0501. The summed E-state index contributed by atoms with van der Waals surface area (Å²) in [7, 11) is 0. The van der Waals surface area contributed by atoms with Crippen molar-refractivity contribution in [2.75, 3.05) is 24.5 Å². The van der Waals surface area contributed by atoms with Crippen LogP contribution in [-0.2, 0) is 4.79 Å². The van der Waals surface area contributed by atoms with Crippen LogP contribution in [0.15, 0.2) is 48.8 Å². The highest BCUT2D eigenvalue weighted by atomic mass is 16.2. The van der Waals surface area contributed by atoms with E-state index in [-0.39, 0.29) is 17.9 Å². The third-order valence-corrected chi connectivity index (χ3v) is 5.09. The van der Waals surface area contributed by atoms with Crippen molar-refractivity contribution >= 4 is 11.9 Å². The molecule has 0 bridgehead atoms. The van der Waals surface area contributed by atoms with Gasteiger partial charge in [0.25, 0.3) is 0 Å². The zero-order valence-corrected chi connectivity index (χ0v) is 13.7. The molecule has 0 saturated carbocycles. The van der Waals surface area contributed by atoms with Gasteiger partial charge in [0, 0.05) is 32.0 Å². The molecule has 5 nitrogen and oxygen atoms in total. The van der Waals surface area contributed by atoms with Gasteiger partial charge in [-0.25, -0.2) is 9.97 Å². The lowest BCUT2D eigenvalue weighted by Crippen LogP contribution is -2.51. The minimum atomic E-state index is 0.0501. The van der Waals surface area contributed by atoms with Crippen molar-refractivity contribution in [3.63, 3.8) is 0 Å². The highest BCUT2D eigenvalue weighted by Crippen LogP contribution is 2.35. The largest absolute Gasteiger partial charge is 0.340 e. The van der Waals surface area contributed by atoms with Gasteiger partial charge in [-0.05, 0) is 30.9 Å². The van der Waals surface area contributed by atoms with Crippen LogP contribution in [0.2, 0.25) is 0 Å². The van der Waals surface area contributed by atoms with Crippen molar-refractivity contribution in [2.24, 2.45) is 5.92 Å². The first-order valence-corrected chi connectivity index (χ1v) is 8.70. The third kappa shape index (κ3) is 2.86. The molecule has 1 aromatic heterocycles. The van der Waals surface area contributed by atoms with Crippen LogP contribution in [0.3, 0.4) is 0 Å². The molecule has 2 aliphatic heterocycles. The summed E-state index contributed by atoms with van der Waals surface area (Å²) in [5.74, 6) is 1.07. The minimum Gasteiger partial charge on any atom is -0.340 e. The summed E-state index contributed by atoms with van der Waals surface area (Å²) >= 11 is 0. The molecule has 2 aliphatic rings. The first-order valence-electron chi connectivity index (χ1n) is 8.70. The van der Waals surface area contributed by atoms with Gasteiger partial charge in [-0.2, -0.15) is 0 Å². The van der Waals surface area contributed by atoms with Crippen LogP contribution < -0.4 is 4.90 Å². The topological polar surface area (TPSA) is 49.3 Å². The summed E-state index contributed by atoms with van der Waals surface area (Å²) in [5.41, 5.74) is 1.25. The number of carbonyl (C=O) groups is 1. The SMILES string of the molecule is O=C([C@H]1CCCN(c2ncccn2)C1)N1CC[C@H]1c1ccccc1. The zero-order chi connectivity index (χ0) is 16.4. The van der Waals surface area contributed by atoms with E-state index < -0.39 is 0 Å². The Bertz CT molecular complexity index is 691. The predicted molar refractivity (Wildman–Crippen MR) is 92.5 cm³/mol. The van der Waals surface area contributed by atoms with Crippen molar-refractivity contribution in [1.29, 1.82) is 0 Å². The smallest absolute Gasteiger partial charge is 0.227 e. The third-order valence-electron chi connectivity index (χ3n) is 5.09. The fraction of sp³-hybridized carbons (Fsp3) is 0.421. The molecule has 2 atom stereocenters. The highest BCUT2D eigenvalue weighted by Gasteiger charge is 2.38. The molecule has 2 saturated heterocycles. The first kappa shape index (κ1) is 15.1. The molecule has 1 amide bonds. The molecule has 3 heterocycles. The van der Waals surface area contributed by atoms with E-state index in [0.29, 0.717) is 0 Å². The molecule has 4 rings (SSSR count). The number of aromatic nitrogens is 2. The van der Waals surface area contributed by atoms with Crippen LogP contribution in [0.25, 0.3) is 0 Å². The van der Waals surface area contributed by atoms with E-state index in [4.69, 9.17) is 0 Å². The zero-order valence-electron chi connectivity index (χ0n) is 13.7. The number of rotatable bonds is 3. The van der Waals surface area contributed by atoms with Crippen molar-refractivity contribution in [3.8, 4) is 0 Å². The predicted octanol–water partition coefficient (Wildman–Crippen LogP) is 2.67. The fourth-order valence-corrected chi connectivity index (χ4v) is 3.72. The van der Waals surface area contributed by atoms with Gasteiger partial charge in [-0.3, -0.25) is 4.79 Å². The number of hydrogen-bond acceptors (Lipinski definition) is 4. The second-order valence-corrected chi connectivity index (χ2v) is 6.58. The van der Waals surface area contributed by atoms with E-state index in [1.807, 2.05) is 24.3 Å². The van der Waals surface area contributed by atoms with Crippen molar-refractivity contribution in [3.05, 3.63) is 54.4 Å². The Labute approximate surface area is 142 Å². The molecule has 0 unspecified atom stereocenters. The van der Waals surface area contributed by atoms with Crippen LogP contribution >= 0.6 is 0 Å². The molecule has 0 spiro atoms. The number of nitrogens with zero attached hydrogens (tertiary/aromatic N) is 4. The maximum Gasteiger partial charge on any atom is 0.227 e. The lowest BCUT2D eigenvalue weighted by Gasteiger charge is -2.44. The maximum absolute atomic E-state index is 13.0. The first-order chi connectivity index (χ1) is 11.8. The molecule has 24 heavy (non-hydrogen) atoms. The molecular formula is C19H22N4O. The standard InChI is InChI=1S/C19H22N4O/c24-18(23-13-9-17(23)15-6-2-1-3-7-15)16-8-4-12-22(14-16)19-20-10-5-11-21-19/h1-3,5-7,10-11,16-17H,4,8-9,12-14H2/t16-,17-/m0/s1. The van der Waals surface area contributed by atoms with E-state index >= 15 is 0 Å². The van der Waals surface area contributed by atoms with Crippen molar-refractivity contribution < 1.29 is 4.79 Å². The van der Waals surface area contributed by atoms with E-state index in [9.17, 15) is 4.79 Å². The van der Waals surface area contributed by atoms with Crippen molar-refractivity contribution in [1.82, 2.24) is 14.9 Å². The summed E-state index contributed by atoms with van der Waals surface area (Å²) in [6.45, 7) is 2.52. The van der Waals surface area contributed by atoms with Gasteiger partial charge in [0.2, 0.25) is 11.9 Å². The average Bonchev–Trinajstić information content (AvgIpc) is 2.62. The molecule has 0 N–H and O–H groups in total. The molecule has 0 aliphatic carbocycles. The Hall–Kier alpha value is -2.43. The molecular weight excluding hydrogens is 300 g/mol. The summed E-state index contributed by atoms with van der Waals surface area (Å²) in [5, 5.41) is 0. The number of amides is 1. The lowest BCUT2D eigenvalue weighted by molar-refractivity contribution is -0.144. The van der Waals surface area contributed by atoms with Crippen molar-refractivity contribution in [2.45, 2.75) is 25.3 Å². The van der Waals surface area contributed by atoms with Gasteiger partial charge in [0.05, 0.1) is 12.0 Å². The summed E-state index contributed by atoms with van der Waals surface area (Å²) in [6.07, 6.45) is 6.55. The number of piperidine rings is 1. The number of benzene rings is 1. The summed E-state index contributed by atoms with van der Waals surface area (Å²) < 4.78 is 0. The van der Waals surface area contributed by atoms with E-state index in [1.54, 1.807) is 12.4 Å². The fourth-order valence-electron chi connectivity index (χ4n) is 3.72. The maximum atomic E-state index is 13.0. The van der Waals surface area contributed by atoms with Gasteiger partial charge in [-0.15, -0.1) is 0 Å². The van der Waals surface area contributed by atoms with Crippen LogP contribution in [0.4, 0.5) is 5.95 Å².